The van der Waals surface area contributed by atoms with Gasteiger partial charge in [0.1, 0.15) is 0 Å². The average Bonchev–Trinajstić information content (AvgIpc) is 3.24. The van der Waals surface area contributed by atoms with Crippen molar-refractivity contribution in [2.24, 2.45) is 5.73 Å². The number of hydrogen-bond acceptors (Lipinski definition) is 4. The van der Waals surface area contributed by atoms with Crippen LogP contribution in [0.5, 0.6) is 0 Å². The second-order valence-electron chi connectivity index (χ2n) is 7.34. The number of terminal acetylenes is 1. The third kappa shape index (κ3) is 4.33. The summed E-state index contributed by atoms with van der Waals surface area (Å²) in [6.07, 6.45) is 10.9. The first kappa shape index (κ1) is 22.6. The Morgan fingerprint density at radius 3 is 2.70 bits per heavy atom. The van der Waals surface area contributed by atoms with Crippen LogP contribution in [0, 0.1) is 19.8 Å². The van der Waals surface area contributed by atoms with Gasteiger partial charge in [-0.3, -0.25) is 9.78 Å². The van der Waals surface area contributed by atoms with Gasteiger partial charge in [0.05, 0.1) is 17.4 Å². The Labute approximate surface area is 187 Å². The lowest BCUT2D eigenvalue weighted by Gasteiger charge is -2.32. The molecule has 2 aliphatic heterocycles. The van der Waals surface area contributed by atoms with Gasteiger partial charge in [-0.25, -0.2) is 0 Å². The molecule has 7 heteroatoms. The van der Waals surface area contributed by atoms with Gasteiger partial charge in [0.2, 0.25) is 0 Å². The fourth-order valence-corrected chi connectivity index (χ4v) is 4.66. The van der Waals surface area contributed by atoms with E-state index in [0.29, 0.717) is 35.1 Å². The molecule has 0 saturated carbocycles. The number of nitrogens with zero attached hydrogens (tertiary/aromatic N) is 2. The van der Waals surface area contributed by atoms with E-state index in [4.69, 9.17) is 38.7 Å². The van der Waals surface area contributed by atoms with E-state index in [1.54, 1.807) is 12.1 Å². The van der Waals surface area contributed by atoms with Crippen molar-refractivity contribution in [1.29, 1.82) is 0 Å². The normalized spacial score (nSPS) is 18.0. The highest BCUT2D eigenvalue weighted by Crippen LogP contribution is 2.39. The summed E-state index contributed by atoms with van der Waals surface area (Å²) in [5, 5.41) is 1.05. The predicted molar refractivity (Wildman–Crippen MR) is 121 cm³/mol. The molecule has 2 aromatic rings. The van der Waals surface area contributed by atoms with Crippen LogP contribution >= 0.6 is 23.2 Å². The molecule has 4 rings (SSSR count). The van der Waals surface area contributed by atoms with E-state index in [9.17, 15) is 4.79 Å². The SMILES string of the molecule is C#C.Cc1nc2c(c(-c3ccc(Cl)cc3Cl)c1CN)C(=O)N(CC1CCCO1)CC2. The minimum atomic E-state index is -0.0278. The maximum absolute atomic E-state index is 13.5. The first-order valence-corrected chi connectivity index (χ1v) is 10.7. The van der Waals surface area contributed by atoms with Crippen molar-refractivity contribution in [3.63, 3.8) is 0 Å². The molecular weight excluding hydrogens is 421 g/mol. The summed E-state index contributed by atoms with van der Waals surface area (Å²) in [4.78, 5) is 20.1. The van der Waals surface area contributed by atoms with Crippen molar-refractivity contribution < 1.29 is 9.53 Å². The highest BCUT2D eigenvalue weighted by molar-refractivity contribution is 6.36. The third-order valence-corrected chi connectivity index (χ3v) is 6.10. The van der Waals surface area contributed by atoms with Crippen LogP contribution in [0.4, 0.5) is 0 Å². The van der Waals surface area contributed by atoms with Gasteiger partial charge in [-0.05, 0) is 37.5 Å². The Hall–Kier alpha value is -2.10. The van der Waals surface area contributed by atoms with E-state index in [-0.39, 0.29) is 18.6 Å². The van der Waals surface area contributed by atoms with E-state index in [1.165, 1.54) is 0 Å². The van der Waals surface area contributed by atoms with Crippen molar-refractivity contribution in [3.8, 4) is 24.0 Å². The van der Waals surface area contributed by atoms with Gasteiger partial charge in [0.15, 0.2) is 0 Å². The van der Waals surface area contributed by atoms with E-state index in [0.717, 1.165) is 47.5 Å². The largest absolute Gasteiger partial charge is 0.376 e. The van der Waals surface area contributed by atoms with E-state index >= 15 is 0 Å². The van der Waals surface area contributed by atoms with Crippen LogP contribution in [-0.2, 0) is 17.7 Å². The standard InChI is InChI=1S/C21H23Cl2N3O2.C2H2/c1-12-16(10-24)19(15-5-4-13(22)9-17(15)23)20-18(25-12)6-7-26(21(20)27)11-14-3-2-8-28-14;1-2/h4-5,9,14H,2-3,6-8,10-11,24H2,1H3;1-2H. The van der Waals surface area contributed by atoms with Gasteiger partial charge in [0.25, 0.3) is 5.91 Å². The lowest BCUT2D eigenvalue weighted by Crippen LogP contribution is -2.43. The first-order valence-electron chi connectivity index (χ1n) is 9.91. The number of aryl methyl sites for hydroxylation is 1. The molecule has 1 saturated heterocycles. The summed E-state index contributed by atoms with van der Waals surface area (Å²) in [5.41, 5.74) is 10.7. The van der Waals surface area contributed by atoms with E-state index < -0.39 is 0 Å². The quantitative estimate of drug-likeness (QED) is 0.714. The molecule has 1 fully saturated rings. The van der Waals surface area contributed by atoms with Crippen molar-refractivity contribution in [2.75, 3.05) is 19.7 Å². The van der Waals surface area contributed by atoms with Gasteiger partial charge in [-0.1, -0.05) is 29.3 Å². The number of aromatic nitrogens is 1. The molecule has 1 unspecified atom stereocenters. The molecule has 1 aromatic heterocycles. The number of carbonyl (C=O) groups is 1. The summed E-state index contributed by atoms with van der Waals surface area (Å²) >= 11 is 12.6. The maximum Gasteiger partial charge on any atom is 0.256 e. The fraction of sp³-hybridized carbons (Fsp3) is 0.391. The van der Waals surface area contributed by atoms with Crippen LogP contribution in [0.3, 0.4) is 0 Å². The molecule has 158 valence electrons. The summed E-state index contributed by atoms with van der Waals surface area (Å²) in [6, 6.07) is 5.33. The molecule has 1 atom stereocenters. The minimum Gasteiger partial charge on any atom is -0.376 e. The summed E-state index contributed by atoms with van der Waals surface area (Å²) in [5.74, 6) is -0.0278. The fourth-order valence-electron chi connectivity index (χ4n) is 4.16. The van der Waals surface area contributed by atoms with E-state index in [2.05, 4.69) is 12.8 Å². The molecule has 2 N–H and O–H groups in total. The molecular formula is C23H25Cl2N3O2. The molecule has 0 radical (unpaired) electrons. The summed E-state index contributed by atoms with van der Waals surface area (Å²) in [7, 11) is 0. The molecule has 30 heavy (non-hydrogen) atoms. The van der Waals surface area contributed by atoms with Crippen molar-refractivity contribution >= 4 is 29.1 Å². The molecule has 1 aromatic carbocycles. The number of pyridine rings is 1. The Morgan fingerprint density at radius 2 is 2.07 bits per heavy atom. The second kappa shape index (κ2) is 9.80. The number of rotatable bonds is 4. The number of benzene rings is 1. The van der Waals surface area contributed by atoms with Gasteiger partial charge in [0, 0.05) is 59.5 Å². The number of ether oxygens (including phenoxy) is 1. The zero-order chi connectivity index (χ0) is 21.8. The van der Waals surface area contributed by atoms with Crippen LogP contribution in [0.1, 0.15) is 40.2 Å². The van der Waals surface area contributed by atoms with E-state index in [1.807, 2.05) is 17.9 Å². The molecule has 0 aliphatic carbocycles. The smallest absolute Gasteiger partial charge is 0.256 e. The third-order valence-electron chi connectivity index (χ3n) is 5.55. The van der Waals surface area contributed by atoms with Crippen LogP contribution in [0.2, 0.25) is 10.0 Å². The van der Waals surface area contributed by atoms with Gasteiger partial charge >= 0.3 is 0 Å². The molecule has 0 bridgehead atoms. The van der Waals surface area contributed by atoms with Crippen molar-refractivity contribution in [1.82, 2.24) is 9.88 Å². The van der Waals surface area contributed by atoms with Crippen molar-refractivity contribution in [3.05, 3.63) is 50.8 Å². The highest BCUT2D eigenvalue weighted by atomic mass is 35.5. The highest BCUT2D eigenvalue weighted by Gasteiger charge is 2.33. The van der Waals surface area contributed by atoms with Crippen LogP contribution < -0.4 is 5.73 Å². The zero-order valence-electron chi connectivity index (χ0n) is 17.0. The lowest BCUT2D eigenvalue weighted by molar-refractivity contribution is 0.0509. The zero-order valence-corrected chi connectivity index (χ0v) is 18.5. The number of amides is 1. The molecule has 1 amide bonds. The van der Waals surface area contributed by atoms with Gasteiger partial charge < -0.3 is 15.4 Å². The molecule has 0 spiro atoms. The van der Waals surface area contributed by atoms with Crippen LogP contribution in [0.25, 0.3) is 11.1 Å². The monoisotopic (exact) mass is 445 g/mol. The minimum absolute atomic E-state index is 0.0278. The first-order chi connectivity index (χ1) is 14.5. The maximum atomic E-state index is 13.5. The van der Waals surface area contributed by atoms with Gasteiger partial charge in [-0.15, -0.1) is 12.8 Å². The Balaban J connectivity index is 0.00000124. The lowest BCUT2D eigenvalue weighted by atomic mass is 9.89. The summed E-state index contributed by atoms with van der Waals surface area (Å²) < 4.78 is 5.74. The number of nitrogens with two attached hydrogens (primary N) is 1. The molecule has 2 aliphatic rings. The molecule has 5 nitrogen and oxygen atoms in total. The summed E-state index contributed by atoms with van der Waals surface area (Å²) in [6.45, 7) is 4.23. The average molecular weight is 446 g/mol. The van der Waals surface area contributed by atoms with Crippen LogP contribution in [0.15, 0.2) is 18.2 Å². The van der Waals surface area contributed by atoms with Crippen LogP contribution in [-0.4, -0.2) is 41.6 Å². The second-order valence-corrected chi connectivity index (χ2v) is 8.18. The Kier molecular flexibility index (Phi) is 7.38. The number of hydrogen-bond donors (Lipinski definition) is 1. The van der Waals surface area contributed by atoms with Crippen molar-refractivity contribution in [2.45, 2.75) is 38.8 Å². The predicted octanol–water partition coefficient (Wildman–Crippen LogP) is 4.25. The Bertz CT molecular complexity index is 969. The number of halogens is 2. The number of fused-ring (bicyclic) bond motifs is 1. The topological polar surface area (TPSA) is 68.5 Å². The van der Waals surface area contributed by atoms with Gasteiger partial charge in [-0.2, -0.15) is 0 Å². The Morgan fingerprint density at radius 1 is 1.30 bits per heavy atom. The number of carbonyl (C=O) groups excluding carboxylic acids is 1. The molecule has 3 heterocycles.